The molecule has 0 unspecified atom stereocenters. The van der Waals surface area contributed by atoms with E-state index >= 15 is 0 Å². The number of aromatic nitrogens is 2. The first-order valence-electron chi connectivity index (χ1n) is 5.33. The summed E-state index contributed by atoms with van der Waals surface area (Å²) in [6, 6.07) is 8.85. The van der Waals surface area contributed by atoms with Gasteiger partial charge in [-0.05, 0) is 12.1 Å². The van der Waals surface area contributed by atoms with Crippen LogP contribution in [0.15, 0.2) is 36.7 Å². The Morgan fingerprint density at radius 3 is 3.11 bits per heavy atom. The van der Waals surface area contributed by atoms with Crippen LogP contribution in [0, 0.1) is 11.3 Å². The number of hydrogen-bond donors (Lipinski definition) is 0. The first-order valence-corrected chi connectivity index (χ1v) is 5.33. The topological polar surface area (TPSA) is 67.9 Å². The Hall–Kier alpha value is -2.61. The summed E-state index contributed by atoms with van der Waals surface area (Å²) in [5.74, 6) is 0.765. The average Bonchev–Trinajstić information content (AvgIpc) is 2.86. The Balaban J connectivity index is 2.20. The predicted octanol–water partition coefficient (Wildman–Crippen LogP) is 1.65. The molecule has 18 heavy (non-hydrogen) atoms. The first-order chi connectivity index (χ1) is 8.74. The largest absolute Gasteiger partial charge is 0.497 e. The van der Waals surface area contributed by atoms with E-state index in [9.17, 15) is 4.79 Å². The number of imidazole rings is 1. The molecule has 0 amide bonds. The summed E-state index contributed by atoms with van der Waals surface area (Å²) < 4.78 is 6.58. The molecule has 0 spiro atoms. The van der Waals surface area contributed by atoms with Gasteiger partial charge in [-0.25, -0.2) is 4.98 Å². The minimum absolute atomic E-state index is 0.0933. The third-order valence-corrected chi connectivity index (χ3v) is 2.52. The maximum absolute atomic E-state index is 12.0. The van der Waals surface area contributed by atoms with Gasteiger partial charge in [0.15, 0.2) is 5.78 Å². The SMILES string of the molecule is COc1cccc(C(=O)Cn2ccnc2C#N)c1. The number of nitrogens with zero attached hydrogens (tertiary/aromatic N) is 3. The zero-order valence-corrected chi connectivity index (χ0v) is 9.83. The van der Waals surface area contributed by atoms with E-state index in [0.29, 0.717) is 11.3 Å². The minimum atomic E-state index is -0.0941. The number of rotatable bonds is 4. The molecule has 0 radical (unpaired) electrons. The van der Waals surface area contributed by atoms with Gasteiger partial charge in [-0.15, -0.1) is 0 Å². The lowest BCUT2D eigenvalue weighted by Crippen LogP contribution is -2.11. The predicted molar refractivity (Wildman–Crippen MR) is 64.3 cm³/mol. The van der Waals surface area contributed by atoms with Crippen molar-refractivity contribution in [1.82, 2.24) is 9.55 Å². The molecule has 0 aliphatic heterocycles. The molecular weight excluding hydrogens is 230 g/mol. The molecule has 5 heteroatoms. The van der Waals surface area contributed by atoms with Crippen molar-refractivity contribution in [3.8, 4) is 11.8 Å². The van der Waals surface area contributed by atoms with Crippen LogP contribution in [0.25, 0.3) is 0 Å². The quantitative estimate of drug-likeness (QED) is 0.763. The van der Waals surface area contributed by atoms with Crippen LogP contribution in [0.1, 0.15) is 16.2 Å². The van der Waals surface area contributed by atoms with Gasteiger partial charge in [0.1, 0.15) is 11.8 Å². The molecule has 0 N–H and O–H groups in total. The average molecular weight is 241 g/mol. The van der Waals surface area contributed by atoms with E-state index in [4.69, 9.17) is 10.00 Å². The molecule has 0 saturated heterocycles. The second-order valence-corrected chi connectivity index (χ2v) is 3.65. The van der Waals surface area contributed by atoms with Crippen molar-refractivity contribution in [3.63, 3.8) is 0 Å². The summed E-state index contributed by atoms with van der Waals surface area (Å²) in [5, 5.41) is 8.81. The Kier molecular flexibility index (Phi) is 3.39. The van der Waals surface area contributed by atoms with E-state index < -0.39 is 0 Å². The normalized spacial score (nSPS) is 9.78. The minimum Gasteiger partial charge on any atom is -0.497 e. The number of carbonyl (C=O) groups excluding carboxylic acids is 1. The Morgan fingerprint density at radius 1 is 1.56 bits per heavy atom. The van der Waals surface area contributed by atoms with E-state index in [-0.39, 0.29) is 18.2 Å². The lowest BCUT2D eigenvalue weighted by Gasteiger charge is -2.05. The van der Waals surface area contributed by atoms with Gasteiger partial charge in [0.2, 0.25) is 5.82 Å². The maximum atomic E-state index is 12.0. The van der Waals surface area contributed by atoms with Crippen molar-refractivity contribution in [2.45, 2.75) is 6.54 Å². The van der Waals surface area contributed by atoms with Crippen LogP contribution in [-0.4, -0.2) is 22.4 Å². The van der Waals surface area contributed by atoms with Crippen molar-refractivity contribution < 1.29 is 9.53 Å². The highest BCUT2D eigenvalue weighted by Gasteiger charge is 2.10. The number of ether oxygens (including phenoxy) is 1. The molecule has 1 aromatic carbocycles. The molecule has 1 aromatic heterocycles. The van der Waals surface area contributed by atoms with Gasteiger partial charge < -0.3 is 9.30 Å². The van der Waals surface area contributed by atoms with Gasteiger partial charge in [0.25, 0.3) is 0 Å². The monoisotopic (exact) mass is 241 g/mol. The zero-order chi connectivity index (χ0) is 13.0. The molecule has 0 bridgehead atoms. The summed E-state index contributed by atoms with van der Waals surface area (Å²) in [6.07, 6.45) is 3.11. The summed E-state index contributed by atoms with van der Waals surface area (Å²) in [6.45, 7) is 0.0933. The third kappa shape index (κ3) is 2.38. The van der Waals surface area contributed by atoms with Gasteiger partial charge in [0, 0.05) is 18.0 Å². The fraction of sp³-hybridized carbons (Fsp3) is 0.154. The summed E-state index contributed by atoms with van der Waals surface area (Å²) >= 11 is 0. The van der Waals surface area contributed by atoms with Crippen molar-refractivity contribution in [3.05, 3.63) is 48.0 Å². The molecular formula is C13H11N3O2. The first kappa shape index (κ1) is 11.9. The van der Waals surface area contributed by atoms with E-state index in [2.05, 4.69) is 4.98 Å². The van der Waals surface area contributed by atoms with Crippen LogP contribution in [0.2, 0.25) is 0 Å². The van der Waals surface area contributed by atoms with Gasteiger partial charge in [-0.2, -0.15) is 5.26 Å². The van der Waals surface area contributed by atoms with Crippen molar-refractivity contribution in [2.24, 2.45) is 0 Å². The smallest absolute Gasteiger partial charge is 0.213 e. The highest BCUT2D eigenvalue weighted by atomic mass is 16.5. The van der Waals surface area contributed by atoms with Gasteiger partial charge >= 0.3 is 0 Å². The Morgan fingerprint density at radius 2 is 2.39 bits per heavy atom. The lowest BCUT2D eigenvalue weighted by molar-refractivity contribution is 0.0971. The van der Waals surface area contributed by atoms with Crippen molar-refractivity contribution >= 4 is 5.78 Å². The van der Waals surface area contributed by atoms with Gasteiger partial charge in [-0.3, -0.25) is 4.79 Å². The fourth-order valence-corrected chi connectivity index (χ4v) is 1.59. The second-order valence-electron chi connectivity index (χ2n) is 3.65. The van der Waals surface area contributed by atoms with Gasteiger partial charge in [0.05, 0.1) is 13.7 Å². The van der Waals surface area contributed by atoms with Crippen molar-refractivity contribution in [1.29, 1.82) is 5.26 Å². The molecule has 2 aromatic rings. The molecule has 0 aliphatic rings. The van der Waals surface area contributed by atoms with E-state index in [1.807, 2.05) is 6.07 Å². The molecule has 0 atom stereocenters. The molecule has 5 nitrogen and oxygen atoms in total. The number of nitriles is 1. The van der Waals surface area contributed by atoms with Crippen LogP contribution >= 0.6 is 0 Å². The number of benzene rings is 1. The van der Waals surface area contributed by atoms with Crippen LogP contribution < -0.4 is 4.74 Å². The van der Waals surface area contributed by atoms with Crippen LogP contribution in [0.5, 0.6) is 5.75 Å². The summed E-state index contributed by atoms with van der Waals surface area (Å²) in [7, 11) is 1.55. The highest BCUT2D eigenvalue weighted by molar-refractivity contribution is 5.96. The molecule has 0 saturated carbocycles. The summed E-state index contributed by atoms with van der Waals surface area (Å²) in [5.41, 5.74) is 0.548. The Labute approximate surface area is 104 Å². The van der Waals surface area contributed by atoms with E-state index in [1.54, 1.807) is 37.6 Å². The number of carbonyl (C=O) groups is 1. The molecule has 90 valence electrons. The van der Waals surface area contributed by atoms with E-state index in [0.717, 1.165) is 0 Å². The molecule has 1 heterocycles. The van der Waals surface area contributed by atoms with E-state index in [1.165, 1.54) is 10.8 Å². The number of methoxy groups -OCH3 is 1. The number of Topliss-reactive ketones (excluding diaryl/α,β-unsaturated/α-hetero) is 1. The standard InChI is InChI=1S/C13H11N3O2/c1-18-11-4-2-3-10(7-11)12(17)9-16-6-5-15-13(16)8-14/h2-7H,9H2,1H3. The second kappa shape index (κ2) is 5.15. The number of ketones is 1. The lowest BCUT2D eigenvalue weighted by atomic mass is 10.1. The Bertz CT molecular complexity index is 611. The zero-order valence-electron chi connectivity index (χ0n) is 9.83. The number of hydrogen-bond acceptors (Lipinski definition) is 4. The van der Waals surface area contributed by atoms with Crippen LogP contribution in [0.4, 0.5) is 0 Å². The third-order valence-electron chi connectivity index (χ3n) is 2.52. The highest BCUT2D eigenvalue weighted by Crippen LogP contribution is 2.13. The summed E-state index contributed by atoms with van der Waals surface area (Å²) in [4.78, 5) is 15.9. The van der Waals surface area contributed by atoms with Gasteiger partial charge in [-0.1, -0.05) is 12.1 Å². The molecule has 0 aliphatic carbocycles. The maximum Gasteiger partial charge on any atom is 0.213 e. The van der Waals surface area contributed by atoms with Crippen LogP contribution in [0.3, 0.4) is 0 Å². The molecule has 0 fully saturated rings. The molecule has 2 rings (SSSR count). The van der Waals surface area contributed by atoms with Crippen molar-refractivity contribution in [2.75, 3.05) is 7.11 Å². The van der Waals surface area contributed by atoms with Crippen LogP contribution in [-0.2, 0) is 6.54 Å². The fourth-order valence-electron chi connectivity index (χ4n) is 1.59.